The van der Waals surface area contributed by atoms with Crippen molar-refractivity contribution in [2.75, 3.05) is 19.0 Å². The Morgan fingerprint density at radius 2 is 1.88 bits per heavy atom. The van der Waals surface area contributed by atoms with E-state index in [2.05, 4.69) is 10.6 Å². The van der Waals surface area contributed by atoms with Gasteiger partial charge in [0, 0.05) is 4.90 Å². The lowest BCUT2D eigenvalue weighted by atomic mass is 10.0. The highest BCUT2D eigenvalue weighted by molar-refractivity contribution is 7.99. The molecule has 0 aromatic heterocycles. The Labute approximate surface area is 156 Å². The second-order valence-corrected chi connectivity index (χ2v) is 6.74. The van der Waals surface area contributed by atoms with Gasteiger partial charge in [0.1, 0.15) is 6.61 Å². The van der Waals surface area contributed by atoms with E-state index in [4.69, 9.17) is 9.47 Å². The van der Waals surface area contributed by atoms with Crippen LogP contribution in [-0.2, 0) is 14.3 Å². The number of urea groups is 1. The summed E-state index contributed by atoms with van der Waals surface area (Å²) in [6.45, 7) is 5.34. The summed E-state index contributed by atoms with van der Waals surface area (Å²) < 4.78 is 10.4. The maximum absolute atomic E-state index is 12.4. The van der Waals surface area contributed by atoms with Gasteiger partial charge < -0.3 is 20.1 Å². The molecule has 26 heavy (non-hydrogen) atoms. The first-order valence-corrected chi connectivity index (χ1v) is 9.33. The minimum absolute atomic E-state index is 0.206. The predicted molar refractivity (Wildman–Crippen MR) is 97.9 cm³/mol. The van der Waals surface area contributed by atoms with Gasteiger partial charge >= 0.3 is 18.0 Å². The van der Waals surface area contributed by atoms with Crippen molar-refractivity contribution in [3.63, 3.8) is 0 Å². The van der Waals surface area contributed by atoms with Crippen LogP contribution in [0.3, 0.4) is 0 Å². The number of benzene rings is 1. The molecule has 1 atom stereocenters. The zero-order valence-corrected chi connectivity index (χ0v) is 15.8. The van der Waals surface area contributed by atoms with Gasteiger partial charge in [-0.15, -0.1) is 11.8 Å². The van der Waals surface area contributed by atoms with Crippen LogP contribution in [0.15, 0.2) is 40.4 Å². The van der Waals surface area contributed by atoms with E-state index in [0.717, 1.165) is 10.6 Å². The van der Waals surface area contributed by atoms with Gasteiger partial charge in [-0.05, 0) is 31.7 Å². The Kier molecular flexibility index (Phi) is 7.08. The molecule has 0 saturated carbocycles. The lowest BCUT2D eigenvalue weighted by molar-refractivity contribution is -0.139. The van der Waals surface area contributed by atoms with Gasteiger partial charge in [0.2, 0.25) is 0 Å². The summed E-state index contributed by atoms with van der Waals surface area (Å²) in [5, 5.41) is 5.12. The largest absolute Gasteiger partial charge is 0.463 e. The highest BCUT2D eigenvalue weighted by Gasteiger charge is 2.30. The molecule has 2 amide bonds. The number of amides is 2. The minimum Gasteiger partial charge on any atom is -0.463 e. The molecule has 1 aromatic carbocycles. The van der Waals surface area contributed by atoms with Crippen LogP contribution in [0.1, 0.15) is 31.1 Å². The number of carbonyl (C=O) groups excluding carboxylic acids is 3. The summed E-state index contributed by atoms with van der Waals surface area (Å²) in [4.78, 5) is 37.1. The Morgan fingerprint density at radius 3 is 2.58 bits per heavy atom. The average molecular weight is 378 g/mol. The maximum Gasteiger partial charge on any atom is 0.339 e. The summed E-state index contributed by atoms with van der Waals surface area (Å²) in [6.07, 6.45) is 0. The second-order valence-electron chi connectivity index (χ2n) is 5.44. The fourth-order valence-corrected chi connectivity index (χ4v) is 3.32. The van der Waals surface area contributed by atoms with Crippen LogP contribution < -0.4 is 10.6 Å². The van der Waals surface area contributed by atoms with Crippen LogP contribution in [0.5, 0.6) is 0 Å². The van der Waals surface area contributed by atoms with Crippen LogP contribution in [0, 0.1) is 0 Å². The number of rotatable bonds is 7. The molecule has 1 aliphatic rings. The SMILES string of the molecule is CCOC(=O)C1=C(COC(=O)c2ccccc2SCC)NC(=O)NC1C. The summed E-state index contributed by atoms with van der Waals surface area (Å²) >= 11 is 1.54. The van der Waals surface area contributed by atoms with Crippen molar-refractivity contribution in [3.05, 3.63) is 41.1 Å². The third-order valence-electron chi connectivity index (χ3n) is 3.62. The number of ether oxygens (including phenoxy) is 2. The van der Waals surface area contributed by atoms with Crippen LogP contribution in [-0.4, -0.2) is 43.0 Å². The number of nitrogens with one attached hydrogen (secondary N) is 2. The zero-order chi connectivity index (χ0) is 19.1. The van der Waals surface area contributed by atoms with E-state index in [0.29, 0.717) is 5.56 Å². The first kappa shape index (κ1) is 19.8. The van der Waals surface area contributed by atoms with Gasteiger partial charge in [-0.1, -0.05) is 19.1 Å². The number of thioether (sulfide) groups is 1. The zero-order valence-electron chi connectivity index (χ0n) is 15.0. The van der Waals surface area contributed by atoms with Gasteiger partial charge in [-0.3, -0.25) is 0 Å². The van der Waals surface area contributed by atoms with Crippen molar-refractivity contribution in [2.45, 2.75) is 31.7 Å². The van der Waals surface area contributed by atoms with E-state index < -0.39 is 24.0 Å². The monoisotopic (exact) mass is 378 g/mol. The first-order valence-electron chi connectivity index (χ1n) is 8.34. The fourth-order valence-electron chi connectivity index (χ4n) is 2.53. The number of carbonyl (C=O) groups is 3. The molecular weight excluding hydrogens is 356 g/mol. The Balaban J connectivity index is 2.19. The molecule has 0 aliphatic carbocycles. The molecular formula is C18H22N2O5S. The van der Waals surface area contributed by atoms with Gasteiger partial charge in [0.15, 0.2) is 0 Å². The first-order chi connectivity index (χ1) is 12.5. The Hall–Kier alpha value is -2.48. The van der Waals surface area contributed by atoms with Crippen molar-refractivity contribution in [3.8, 4) is 0 Å². The molecule has 0 radical (unpaired) electrons. The molecule has 0 saturated heterocycles. The molecule has 1 aliphatic heterocycles. The van der Waals surface area contributed by atoms with E-state index >= 15 is 0 Å². The third kappa shape index (κ3) is 4.78. The van der Waals surface area contributed by atoms with E-state index in [9.17, 15) is 14.4 Å². The standard InChI is InChI=1S/C18H22N2O5S/c1-4-24-17(22)15-11(3)19-18(23)20-13(15)10-25-16(21)12-8-6-7-9-14(12)26-5-2/h6-9,11H,4-5,10H2,1-3H3,(H2,19,20,23). The molecule has 1 unspecified atom stereocenters. The number of hydrogen-bond acceptors (Lipinski definition) is 6. The second kappa shape index (κ2) is 9.28. The van der Waals surface area contributed by atoms with Crippen LogP contribution >= 0.6 is 11.8 Å². The van der Waals surface area contributed by atoms with Crippen molar-refractivity contribution < 1.29 is 23.9 Å². The van der Waals surface area contributed by atoms with Crippen LogP contribution in [0.25, 0.3) is 0 Å². The molecule has 0 fully saturated rings. The molecule has 1 heterocycles. The normalized spacial score (nSPS) is 16.6. The number of hydrogen-bond donors (Lipinski definition) is 2. The molecule has 140 valence electrons. The quantitative estimate of drug-likeness (QED) is 0.559. The van der Waals surface area contributed by atoms with Crippen LogP contribution in [0.4, 0.5) is 4.79 Å². The summed E-state index contributed by atoms with van der Waals surface area (Å²) in [7, 11) is 0. The van der Waals surface area contributed by atoms with Gasteiger partial charge in [0.05, 0.1) is 29.5 Å². The van der Waals surface area contributed by atoms with Crippen molar-refractivity contribution in [1.29, 1.82) is 0 Å². The molecule has 7 nitrogen and oxygen atoms in total. The number of esters is 2. The molecule has 1 aromatic rings. The van der Waals surface area contributed by atoms with E-state index in [-0.39, 0.29) is 24.5 Å². The summed E-state index contributed by atoms with van der Waals surface area (Å²) in [5.41, 5.74) is 0.926. The molecule has 0 bridgehead atoms. The minimum atomic E-state index is -0.555. The highest BCUT2D eigenvalue weighted by Crippen LogP contribution is 2.23. The van der Waals surface area contributed by atoms with Crippen molar-refractivity contribution in [2.24, 2.45) is 0 Å². The lowest BCUT2D eigenvalue weighted by Gasteiger charge is -2.26. The predicted octanol–water partition coefficient (Wildman–Crippen LogP) is 2.47. The van der Waals surface area contributed by atoms with E-state index in [1.54, 1.807) is 26.0 Å². The molecule has 8 heteroatoms. The lowest BCUT2D eigenvalue weighted by Crippen LogP contribution is -2.50. The topological polar surface area (TPSA) is 93.7 Å². The van der Waals surface area contributed by atoms with E-state index in [1.165, 1.54) is 11.8 Å². The molecule has 0 spiro atoms. The van der Waals surface area contributed by atoms with Gasteiger partial charge in [-0.25, -0.2) is 14.4 Å². The average Bonchev–Trinajstić information content (AvgIpc) is 2.60. The molecule has 2 rings (SSSR count). The Morgan fingerprint density at radius 1 is 1.15 bits per heavy atom. The van der Waals surface area contributed by atoms with Crippen molar-refractivity contribution in [1.82, 2.24) is 10.6 Å². The fraction of sp³-hybridized carbons (Fsp3) is 0.389. The van der Waals surface area contributed by atoms with E-state index in [1.807, 2.05) is 19.1 Å². The molecule has 2 N–H and O–H groups in total. The van der Waals surface area contributed by atoms with Crippen molar-refractivity contribution >= 4 is 29.7 Å². The van der Waals surface area contributed by atoms with Gasteiger partial charge in [0.25, 0.3) is 0 Å². The Bertz CT molecular complexity index is 732. The maximum atomic E-state index is 12.4. The smallest absolute Gasteiger partial charge is 0.339 e. The van der Waals surface area contributed by atoms with Crippen LogP contribution in [0.2, 0.25) is 0 Å². The summed E-state index contributed by atoms with van der Waals surface area (Å²) in [6, 6.07) is 6.14. The summed E-state index contributed by atoms with van der Waals surface area (Å²) in [5.74, 6) is -0.250. The van der Waals surface area contributed by atoms with Gasteiger partial charge in [-0.2, -0.15) is 0 Å². The third-order valence-corrected chi connectivity index (χ3v) is 4.58. The highest BCUT2D eigenvalue weighted by atomic mass is 32.2.